The van der Waals surface area contributed by atoms with Crippen molar-refractivity contribution in [2.24, 2.45) is 0 Å². The van der Waals surface area contributed by atoms with E-state index < -0.39 is 0 Å². The third kappa shape index (κ3) is 3.30. The van der Waals surface area contributed by atoms with Crippen LogP contribution in [0.25, 0.3) is 0 Å². The first-order valence-corrected chi connectivity index (χ1v) is 5.85. The second kappa shape index (κ2) is 6.56. The van der Waals surface area contributed by atoms with Crippen molar-refractivity contribution >= 4 is 0 Å². The highest BCUT2D eigenvalue weighted by molar-refractivity contribution is 4.94. The Hall–Kier alpha value is -0.900. The van der Waals surface area contributed by atoms with E-state index in [1.165, 1.54) is 19.3 Å². The van der Waals surface area contributed by atoms with Crippen molar-refractivity contribution < 1.29 is 5.11 Å². The first-order valence-electron chi connectivity index (χ1n) is 5.85. The van der Waals surface area contributed by atoms with Crippen LogP contribution in [-0.2, 0) is 19.6 Å². The summed E-state index contributed by atoms with van der Waals surface area (Å²) in [5.74, 6) is 1.70. The molecule has 0 saturated carbocycles. The number of unbranched alkanes of at least 4 members (excludes halogenated alkanes) is 3. The minimum Gasteiger partial charge on any atom is -0.388 e. The van der Waals surface area contributed by atoms with Crippen molar-refractivity contribution in [1.82, 2.24) is 14.8 Å². The van der Waals surface area contributed by atoms with Gasteiger partial charge in [0.2, 0.25) is 0 Å². The predicted molar refractivity (Wildman–Crippen MR) is 59.5 cm³/mol. The van der Waals surface area contributed by atoms with E-state index >= 15 is 0 Å². The Morgan fingerprint density at radius 3 is 2.40 bits per heavy atom. The molecule has 1 rings (SSSR count). The number of hydrogen-bond donors (Lipinski definition) is 1. The summed E-state index contributed by atoms with van der Waals surface area (Å²) in [7, 11) is 0. The fourth-order valence-corrected chi connectivity index (χ4v) is 1.75. The van der Waals surface area contributed by atoms with Crippen LogP contribution >= 0.6 is 0 Å². The van der Waals surface area contributed by atoms with E-state index in [2.05, 4.69) is 24.0 Å². The van der Waals surface area contributed by atoms with Gasteiger partial charge in [-0.2, -0.15) is 0 Å². The average Bonchev–Trinajstić information content (AvgIpc) is 2.66. The molecule has 0 bridgehead atoms. The molecular weight excluding hydrogens is 190 g/mol. The fraction of sp³-hybridized carbons (Fsp3) is 0.818. The summed E-state index contributed by atoms with van der Waals surface area (Å²) in [5, 5.41) is 17.1. The molecule has 0 amide bonds. The minimum absolute atomic E-state index is 0.0181. The quantitative estimate of drug-likeness (QED) is 0.701. The number of nitrogens with zero attached hydrogens (tertiary/aromatic N) is 3. The van der Waals surface area contributed by atoms with Gasteiger partial charge in [0, 0.05) is 13.0 Å². The fourth-order valence-electron chi connectivity index (χ4n) is 1.75. The summed E-state index contributed by atoms with van der Waals surface area (Å²) in [4.78, 5) is 0. The van der Waals surface area contributed by atoms with Crippen molar-refractivity contribution in [1.29, 1.82) is 0 Å². The molecule has 1 N–H and O–H groups in total. The molecule has 0 spiro atoms. The zero-order valence-electron chi connectivity index (χ0n) is 9.74. The molecule has 15 heavy (non-hydrogen) atoms. The third-order valence-corrected chi connectivity index (χ3v) is 2.62. The highest BCUT2D eigenvalue weighted by Crippen LogP contribution is 2.08. The Morgan fingerprint density at radius 2 is 1.80 bits per heavy atom. The van der Waals surface area contributed by atoms with E-state index in [1.807, 2.05) is 4.57 Å². The van der Waals surface area contributed by atoms with Crippen LogP contribution in [0.3, 0.4) is 0 Å². The molecule has 0 aromatic carbocycles. The van der Waals surface area contributed by atoms with Gasteiger partial charge in [-0.1, -0.05) is 26.2 Å². The van der Waals surface area contributed by atoms with Crippen molar-refractivity contribution in [2.45, 2.75) is 59.1 Å². The smallest absolute Gasteiger partial charge is 0.158 e. The lowest BCUT2D eigenvalue weighted by Crippen LogP contribution is -2.06. The molecule has 0 fully saturated rings. The van der Waals surface area contributed by atoms with Crippen molar-refractivity contribution in [3.63, 3.8) is 0 Å². The molecule has 0 atom stereocenters. The zero-order valence-corrected chi connectivity index (χ0v) is 9.74. The molecule has 0 aliphatic carbocycles. The number of aliphatic hydroxyl groups excluding tert-OH is 1. The maximum absolute atomic E-state index is 9.05. The Morgan fingerprint density at radius 1 is 1.07 bits per heavy atom. The van der Waals surface area contributed by atoms with Gasteiger partial charge in [-0.25, -0.2) is 0 Å². The number of rotatable bonds is 7. The zero-order chi connectivity index (χ0) is 11.1. The van der Waals surface area contributed by atoms with Gasteiger partial charge in [0.05, 0.1) is 0 Å². The van der Waals surface area contributed by atoms with Crippen LogP contribution in [-0.4, -0.2) is 19.9 Å². The maximum Gasteiger partial charge on any atom is 0.158 e. The highest BCUT2D eigenvalue weighted by Gasteiger charge is 2.08. The maximum atomic E-state index is 9.05. The lowest BCUT2D eigenvalue weighted by molar-refractivity contribution is 0.264. The molecule has 0 unspecified atom stereocenters. The number of aliphatic hydroxyl groups is 1. The second-order valence-corrected chi connectivity index (χ2v) is 3.75. The molecule has 0 aliphatic rings. The van der Waals surface area contributed by atoms with E-state index in [1.54, 1.807) is 0 Å². The van der Waals surface area contributed by atoms with Gasteiger partial charge in [0.15, 0.2) is 5.82 Å². The molecule has 1 aromatic heterocycles. The van der Waals surface area contributed by atoms with E-state index in [0.717, 1.165) is 25.2 Å². The van der Waals surface area contributed by atoms with Crippen LogP contribution in [0, 0.1) is 0 Å². The van der Waals surface area contributed by atoms with Crippen molar-refractivity contribution in [2.75, 3.05) is 0 Å². The lowest BCUT2D eigenvalue weighted by atomic mass is 10.1. The Bertz CT molecular complexity index is 283. The van der Waals surface area contributed by atoms with E-state index in [9.17, 15) is 0 Å². The monoisotopic (exact) mass is 211 g/mol. The molecule has 86 valence electrons. The van der Waals surface area contributed by atoms with Crippen LogP contribution in [0.4, 0.5) is 0 Å². The topological polar surface area (TPSA) is 50.9 Å². The Kier molecular flexibility index (Phi) is 5.32. The molecule has 0 aliphatic heterocycles. The van der Waals surface area contributed by atoms with Gasteiger partial charge in [-0.15, -0.1) is 10.2 Å². The number of aryl methyl sites for hydroxylation is 1. The van der Waals surface area contributed by atoms with Crippen molar-refractivity contribution in [3.8, 4) is 0 Å². The molecule has 1 aromatic rings. The van der Waals surface area contributed by atoms with Gasteiger partial charge in [-0.3, -0.25) is 0 Å². The first kappa shape index (κ1) is 12.2. The number of hydrogen-bond acceptors (Lipinski definition) is 3. The summed E-state index contributed by atoms with van der Waals surface area (Å²) in [6.45, 7) is 5.08. The molecule has 0 radical (unpaired) electrons. The molecule has 4 nitrogen and oxygen atoms in total. The van der Waals surface area contributed by atoms with E-state index in [0.29, 0.717) is 5.82 Å². The minimum atomic E-state index is -0.0181. The number of aromatic nitrogens is 3. The Labute approximate surface area is 91.3 Å². The molecule has 1 heterocycles. The van der Waals surface area contributed by atoms with Crippen LogP contribution in [0.2, 0.25) is 0 Å². The normalized spacial score (nSPS) is 10.9. The van der Waals surface area contributed by atoms with Gasteiger partial charge >= 0.3 is 0 Å². The SMILES string of the molecule is CCCCCCc1nnc(CO)n1CC. The largest absolute Gasteiger partial charge is 0.388 e. The van der Waals surface area contributed by atoms with E-state index in [4.69, 9.17) is 5.11 Å². The molecular formula is C11H21N3O. The Balaban J connectivity index is 2.49. The van der Waals surface area contributed by atoms with Gasteiger partial charge in [0.25, 0.3) is 0 Å². The second-order valence-electron chi connectivity index (χ2n) is 3.75. The summed E-state index contributed by atoms with van der Waals surface area (Å²) >= 11 is 0. The first-order chi connectivity index (χ1) is 7.33. The summed E-state index contributed by atoms with van der Waals surface area (Å²) in [5.41, 5.74) is 0. The van der Waals surface area contributed by atoms with Crippen molar-refractivity contribution in [3.05, 3.63) is 11.6 Å². The average molecular weight is 211 g/mol. The lowest BCUT2D eigenvalue weighted by Gasteiger charge is -2.05. The van der Waals surface area contributed by atoms with Crippen LogP contribution in [0.5, 0.6) is 0 Å². The predicted octanol–water partition coefficient (Wildman–Crippen LogP) is 1.91. The highest BCUT2D eigenvalue weighted by atomic mass is 16.3. The van der Waals surface area contributed by atoms with Crippen LogP contribution in [0.15, 0.2) is 0 Å². The van der Waals surface area contributed by atoms with Crippen LogP contribution in [0.1, 0.15) is 51.2 Å². The van der Waals surface area contributed by atoms with Crippen LogP contribution < -0.4 is 0 Å². The summed E-state index contributed by atoms with van der Waals surface area (Å²) in [6.07, 6.45) is 5.93. The van der Waals surface area contributed by atoms with Gasteiger partial charge < -0.3 is 9.67 Å². The van der Waals surface area contributed by atoms with E-state index in [-0.39, 0.29) is 6.61 Å². The van der Waals surface area contributed by atoms with Gasteiger partial charge in [-0.05, 0) is 13.3 Å². The molecule has 4 heteroatoms. The van der Waals surface area contributed by atoms with Gasteiger partial charge in [0.1, 0.15) is 12.4 Å². The molecule has 0 saturated heterocycles. The summed E-state index contributed by atoms with van der Waals surface area (Å²) < 4.78 is 2.01. The third-order valence-electron chi connectivity index (χ3n) is 2.62. The standard InChI is InChI=1S/C11H21N3O/c1-3-5-6-7-8-10-12-13-11(9-15)14(10)4-2/h15H,3-9H2,1-2H3. The summed E-state index contributed by atoms with van der Waals surface area (Å²) in [6, 6.07) is 0.